The number of anilines is 1. The van der Waals surface area contributed by atoms with E-state index in [4.69, 9.17) is 0 Å². The Balaban J connectivity index is 2.16. The first-order valence-corrected chi connectivity index (χ1v) is 7.46. The molecule has 1 aliphatic rings. The quantitative estimate of drug-likeness (QED) is 0.832. The van der Waals surface area contributed by atoms with Gasteiger partial charge in [-0.1, -0.05) is 0 Å². The van der Waals surface area contributed by atoms with Gasteiger partial charge in [0, 0.05) is 6.07 Å². The van der Waals surface area contributed by atoms with Gasteiger partial charge >= 0.3 is 0 Å². The van der Waals surface area contributed by atoms with E-state index in [1.54, 1.807) is 6.07 Å². The molecule has 1 fully saturated rings. The first-order chi connectivity index (χ1) is 7.39. The Morgan fingerprint density at radius 3 is 2.81 bits per heavy atom. The number of hydrogen-bond donors (Lipinski definition) is 1. The molecule has 2 heterocycles. The molecule has 0 saturated carbocycles. The van der Waals surface area contributed by atoms with Gasteiger partial charge in [-0.05, 0) is 29.3 Å². The molecule has 1 unspecified atom stereocenters. The van der Waals surface area contributed by atoms with Gasteiger partial charge in [0.2, 0.25) is 0 Å². The molecule has 2 rings (SSSR count). The molecule has 88 valence electrons. The molecule has 1 aliphatic heterocycles. The summed E-state index contributed by atoms with van der Waals surface area (Å²) in [5.41, 5.74) is -0.424. The highest BCUT2D eigenvalue weighted by molar-refractivity contribution is 9.10. The summed E-state index contributed by atoms with van der Waals surface area (Å²) in [6.07, 6.45) is 2.04. The molecular weight excluding hydrogens is 294 g/mol. The van der Waals surface area contributed by atoms with E-state index >= 15 is 0 Å². The number of nitrogens with one attached hydrogen (secondary N) is 1. The van der Waals surface area contributed by atoms with Gasteiger partial charge < -0.3 is 5.32 Å². The highest BCUT2D eigenvalue weighted by atomic mass is 79.9. The molecule has 0 bridgehead atoms. The standard InChI is InChI=1S/C9H12BrN3O2S/c1-9(2-3-16(14,15)5-9)13-8-4-7(10)11-6-12-8/h4,6H,2-3,5H2,1H3,(H,11,12,13). The minimum Gasteiger partial charge on any atom is -0.364 e. The molecule has 0 aromatic carbocycles. The monoisotopic (exact) mass is 305 g/mol. The molecule has 1 saturated heterocycles. The topological polar surface area (TPSA) is 72.0 Å². The van der Waals surface area contributed by atoms with Crippen LogP contribution >= 0.6 is 15.9 Å². The van der Waals surface area contributed by atoms with Crippen molar-refractivity contribution in [2.24, 2.45) is 0 Å². The minimum atomic E-state index is -2.90. The van der Waals surface area contributed by atoms with Crippen molar-refractivity contribution in [3.05, 3.63) is 17.0 Å². The SMILES string of the molecule is CC1(Nc2cc(Br)ncn2)CCS(=O)(=O)C1. The molecule has 1 N–H and O–H groups in total. The summed E-state index contributed by atoms with van der Waals surface area (Å²) in [4.78, 5) is 7.96. The lowest BCUT2D eigenvalue weighted by atomic mass is 10.0. The Morgan fingerprint density at radius 2 is 2.25 bits per heavy atom. The smallest absolute Gasteiger partial charge is 0.152 e. The van der Waals surface area contributed by atoms with E-state index in [1.165, 1.54) is 6.33 Å². The highest BCUT2D eigenvalue weighted by Gasteiger charge is 2.38. The van der Waals surface area contributed by atoms with Crippen molar-refractivity contribution in [1.29, 1.82) is 0 Å². The van der Waals surface area contributed by atoms with Crippen LogP contribution in [-0.4, -0.2) is 35.4 Å². The maximum absolute atomic E-state index is 11.4. The molecule has 7 heteroatoms. The number of rotatable bonds is 2. The molecule has 0 spiro atoms. The lowest BCUT2D eigenvalue weighted by Gasteiger charge is -2.24. The van der Waals surface area contributed by atoms with E-state index in [1.807, 2.05) is 6.92 Å². The van der Waals surface area contributed by atoms with Gasteiger partial charge in [-0.25, -0.2) is 18.4 Å². The van der Waals surface area contributed by atoms with Crippen LogP contribution in [0.25, 0.3) is 0 Å². The van der Waals surface area contributed by atoms with Crippen LogP contribution in [0, 0.1) is 0 Å². The zero-order valence-electron chi connectivity index (χ0n) is 8.77. The second-order valence-corrected chi connectivity index (χ2v) is 7.25. The number of nitrogens with zero attached hydrogens (tertiary/aromatic N) is 2. The molecule has 1 aromatic heterocycles. The molecule has 0 amide bonds. The van der Waals surface area contributed by atoms with Crippen LogP contribution in [-0.2, 0) is 9.84 Å². The first-order valence-electron chi connectivity index (χ1n) is 4.85. The second kappa shape index (κ2) is 3.96. The highest BCUT2D eigenvalue weighted by Crippen LogP contribution is 2.27. The summed E-state index contributed by atoms with van der Waals surface area (Å²) in [5.74, 6) is 1.03. The Labute approximate surface area is 103 Å². The zero-order valence-corrected chi connectivity index (χ0v) is 11.2. The Kier molecular flexibility index (Phi) is 2.91. The summed E-state index contributed by atoms with van der Waals surface area (Å²) in [6, 6.07) is 1.73. The van der Waals surface area contributed by atoms with E-state index < -0.39 is 15.4 Å². The number of sulfone groups is 1. The normalized spacial score (nSPS) is 27.9. The average Bonchev–Trinajstić information content (AvgIpc) is 2.40. The fourth-order valence-corrected chi connectivity index (χ4v) is 4.22. The van der Waals surface area contributed by atoms with Gasteiger partial charge in [-0.2, -0.15) is 0 Å². The van der Waals surface area contributed by atoms with Gasteiger partial charge in [0.15, 0.2) is 9.84 Å². The van der Waals surface area contributed by atoms with Crippen molar-refractivity contribution < 1.29 is 8.42 Å². The van der Waals surface area contributed by atoms with Gasteiger partial charge in [-0.3, -0.25) is 0 Å². The molecule has 1 atom stereocenters. The average molecular weight is 306 g/mol. The molecule has 1 aromatic rings. The van der Waals surface area contributed by atoms with E-state index in [0.29, 0.717) is 16.8 Å². The van der Waals surface area contributed by atoms with E-state index in [9.17, 15) is 8.42 Å². The minimum absolute atomic E-state index is 0.154. The fourth-order valence-electron chi connectivity index (χ4n) is 1.82. The Bertz CT molecular complexity index is 505. The van der Waals surface area contributed by atoms with E-state index in [0.717, 1.165) is 0 Å². The van der Waals surface area contributed by atoms with Gasteiger partial charge in [-0.15, -0.1) is 0 Å². The summed E-state index contributed by atoms with van der Waals surface area (Å²) in [7, 11) is -2.90. The summed E-state index contributed by atoms with van der Waals surface area (Å²) >= 11 is 3.24. The maximum Gasteiger partial charge on any atom is 0.152 e. The van der Waals surface area contributed by atoms with Crippen LogP contribution < -0.4 is 5.32 Å². The zero-order chi connectivity index (χ0) is 11.8. The van der Waals surface area contributed by atoms with E-state index in [2.05, 4.69) is 31.2 Å². The lowest BCUT2D eigenvalue weighted by molar-refractivity contribution is 0.571. The van der Waals surface area contributed by atoms with Crippen molar-refractivity contribution in [3.8, 4) is 0 Å². The van der Waals surface area contributed by atoms with Gasteiger partial charge in [0.1, 0.15) is 16.7 Å². The first kappa shape index (κ1) is 11.8. The van der Waals surface area contributed by atoms with Gasteiger partial charge in [0.25, 0.3) is 0 Å². The molecule has 0 aliphatic carbocycles. The third-order valence-electron chi connectivity index (χ3n) is 2.57. The van der Waals surface area contributed by atoms with Crippen LogP contribution in [0.2, 0.25) is 0 Å². The summed E-state index contributed by atoms with van der Waals surface area (Å²) in [5, 5.41) is 3.15. The molecule has 0 radical (unpaired) electrons. The number of hydrogen-bond acceptors (Lipinski definition) is 5. The Hall–Kier alpha value is -0.690. The fraction of sp³-hybridized carbons (Fsp3) is 0.556. The number of halogens is 1. The predicted molar refractivity (Wildman–Crippen MR) is 65.0 cm³/mol. The largest absolute Gasteiger partial charge is 0.364 e. The van der Waals surface area contributed by atoms with Crippen molar-refractivity contribution in [2.45, 2.75) is 18.9 Å². The summed E-state index contributed by atoms with van der Waals surface area (Å²) in [6.45, 7) is 1.90. The van der Waals surface area contributed by atoms with Crippen LogP contribution in [0.15, 0.2) is 17.0 Å². The lowest BCUT2D eigenvalue weighted by Crippen LogP contribution is -2.36. The predicted octanol–water partition coefficient (Wildman–Crippen LogP) is 1.23. The van der Waals surface area contributed by atoms with Crippen LogP contribution in [0.1, 0.15) is 13.3 Å². The molecule has 16 heavy (non-hydrogen) atoms. The van der Waals surface area contributed by atoms with Crippen molar-refractivity contribution in [2.75, 3.05) is 16.8 Å². The third kappa shape index (κ3) is 2.70. The molecule has 5 nitrogen and oxygen atoms in total. The van der Waals surface area contributed by atoms with Crippen molar-refractivity contribution >= 4 is 31.6 Å². The number of aromatic nitrogens is 2. The van der Waals surface area contributed by atoms with Crippen LogP contribution in [0.4, 0.5) is 5.82 Å². The second-order valence-electron chi connectivity index (χ2n) is 4.25. The van der Waals surface area contributed by atoms with Crippen molar-refractivity contribution in [3.63, 3.8) is 0 Å². The third-order valence-corrected chi connectivity index (χ3v) is 4.90. The van der Waals surface area contributed by atoms with Crippen molar-refractivity contribution in [1.82, 2.24) is 9.97 Å². The Morgan fingerprint density at radius 1 is 1.50 bits per heavy atom. The van der Waals surface area contributed by atoms with Gasteiger partial charge in [0.05, 0.1) is 17.0 Å². The van der Waals surface area contributed by atoms with Crippen LogP contribution in [0.5, 0.6) is 0 Å². The maximum atomic E-state index is 11.4. The molecular formula is C9H12BrN3O2S. The van der Waals surface area contributed by atoms with E-state index in [-0.39, 0.29) is 11.5 Å². The summed E-state index contributed by atoms with van der Waals surface area (Å²) < 4.78 is 23.5. The van der Waals surface area contributed by atoms with Crippen LogP contribution in [0.3, 0.4) is 0 Å².